The predicted octanol–water partition coefficient (Wildman–Crippen LogP) is 3.19. The highest BCUT2D eigenvalue weighted by atomic mass is 16.5. The van der Waals surface area contributed by atoms with Crippen LogP contribution in [0.15, 0.2) is 22.6 Å². The van der Waals surface area contributed by atoms with Gasteiger partial charge in [0.2, 0.25) is 5.89 Å². The second-order valence-electron chi connectivity index (χ2n) is 6.59. The number of hydrogen-bond donors (Lipinski definition) is 0. The summed E-state index contributed by atoms with van der Waals surface area (Å²) in [4.78, 5) is 18.9. The van der Waals surface area contributed by atoms with Crippen molar-refractivity contribution in [2.45, 2.75) is 38.8 Å². The van der Waals surface area contributed by atoms with Crippen LogP contribution >= 0.6 is 0 Å². The number of nitrogens with zero attached hydrogens (tertiary/aromatic N) is 2. The zero-order chi connectivity index (χ0) is 19.4. The molecule has 0 unspecified atom stereocenters. The molecule has 146 valence electrons. The molecule has 27 heavy (non-hydrogen) atoms. The van der Waals surface area contributed by atoms with Crippen molar-refractivity contribution >= 4 is 5.97 Å². The molecule has 0 bridgehead atoms. The first-order chi connectivity index (χ1) is 13.1. The van der Waals surface area contributed by atoms with Crippen LogP contribution < -0.4 is 9.47 Å². The summed E-state index contributed by atoms with van der Waals surface area (Å²) >= 11 is 0. The maximum Gasteiger partial charge on any atom is 0.323 e. The summed E-state index contributed by atoms with van der Waals surface area (Å²) in [6.45, 7) is 3.28. The van der Waals surface area contributed by atoms with Gasteiger partial charge in [0.05, 0.1) is 32.6 Å². The molecular formula is C20H26N2O5. The number of ether oxygens (including phenoxy) is 3. The number of piperidine rings is 1. The fourth-order valence-corrected chi connectivity index (χ4v) is 3.44. The average Bonchev–Trinajstić information content (AvgIpc) is 3.07. The fourth-order valence-electron chi connectivity index (χ4n) is 3.44. The maximum atomic E-state index is 12.1. The Morgan fingerprint density at radius 1 is 1.26 bits per heavy atom. The van der Waals surface area contributed by atoms with E-state index in [9.17, 15) is 4.79 Å². The van der Waals surface area contributed by atoms with Crippen LogP contribution in [0.5, 0.6) is 11.5 Å². The van der Waals surface area contributed by atoms with Gasteiger partial charge in [-0.3, -0.25) is 9.69 Å². The molecular weight excluding hydrogens is 348 g/mol. The van der Waals surface area contributed by atoms with Gasteiger partial charge in [-0.1, -0.05) is 6.42 Å². The van der Waals surface area contributed by atoms with Gasteiger partial charge in [-0.05, 0) is 38.4 Å². The van der Waals surface area contributed by atoms with E-state index in [2.05, 4.69) is 9.88 Å². The Hall–Kier alpha value is -2.54. The second-order valence-corrected chi connectivity index (χ2v) is 6.59. The predicted molar refractivity (Wildman–Crippen MR) is 99.8 cm³/mol. The molecule has 0 aliphatic carbocycles. The number of aromatic nitrogens is 1. The Morgan fingerprint density at radius 3 is 2.78 bits per heavy atom. The van der Waals surface area contributed by atoms with Gasteiger partial charge >= 0.3 is 5.97 Å². The van der Waals surface area contributed by atoms with Crippen molar-refractivity contribution in [3.63, 3.8) is 0 Å². The minimum absolute atomic E-state index is 0.187. The van der Waals surface area contributed by atoms with E-state index in [-0.39, 0.29) is 12.0 Å². The zero-order valence-corrected chi connectivity index (χ0v) is 16.3. The molecule has 7 nitrogen and oxygen atoms in total. The quantitative estimate of drug-likeness (QED) is 0.719. The minimum atomic E-state index is -0.223. The van der Waals surface area contributed by atoms with Crippen molar-refractivity contribution in [1.29, 1.82) is 0 Å². The summed E-state index contributed by atoms with van der Waals surface area (Å²) in [5.41, 5.74) is 1.58. The summed E-state index contributed by atoms with van der Waals surface area (Å²) in [6, 6.07) is 5.28. The van der Waals surface area contributed by atoms with E-state index in [1.807, 2.05) is 19.1 Å². The van der Waals surface area contributed by atoms with Crippen LogP contribution in [-0.4, -0.2) is 49.8 Å². The molecule has 0 radical (unpaired) electrons. The van der Waals surface area contributed by atoms with Gasteiger partial charge in [-0.15, -0.1) is 0 Å². The van der Waals surface area contributed by atoms with Crippen LogP contribution in [0.3, 0.4) is 0 Å². The Bertz CT molecular complexity index is 802. The van der Waals surface area contributed by atoms with Crippen LogP contribution in [0.25, 0.3) is 11.5 Å². The van der Waals surface area contributed by atoms with E-state index in [1.54, 1.807) is 20.3 Å². The van der Waals surface area contributed by atoms with Crippen molar-refractivity contribution in [3.05, 3.63) is 29.7 Å². The Kier molecular flexibility index (Phi) is 6.01. The lowest BCUT2D eigenvalue weighted by Gasteiger charge is -2.33. The Labute approximate surface area is 159 Å². The van der Waals surface area contributed by atoms with E-state index in [0.29, 0.717) is 23.9 Å². The molecule has 2 aromatic rings. The topological polar surface area (TPSA) is 74.0 Å². The van der Waals surface area contributed by atoms with Gasteiger partial charge in [0.1, 0.15) is 23.3 Å². The van der Waals surface area contributed by atoms with Gasteiger partial charge in [0.25, 0.3) is 0 Å². The van der Waals surface area contributed by atoms with Gasteiger partial charge in [-0.2, -0.15) is 0 Å². The second kappa shape index (κ2) is 8.43. The first kappa shape index (κ1) is 19.2. The third-order valence-electron chi connectivity index (χ3n) is 4.97. The summed E-state index contributed by atoms with van der Waals surface area (Å²) in [6.07, 6.45) is 2.90. The molecule has 1 fully saturated rings. The van der Waals surface area contributed by atoms with Crippen molar-refractivity contribution in [2.75, 3.05) is 27.9 Å². The molecule has 0 amide bonds. The van der Waals surface area contributed by atoms with Gasteiger partial charge in [0, 0.05) is 12.6 Å². The molecule has 1 aliphatic heterocycles. The number of benzene rings is 1. The third-order valence-corrected chi connectivity index (χ3v) is 4.97. The zero-order valence-electron chi connectivity index (χ0n) is 16.3. The van der Waals surface area contributed by atoms with Crippen LogP contribution in [0.1, 0.15) is 30.7 Å². The summed E-state index contributed by atoms with van der Waals surface area (Å²) in [5.74, 6) is 2.37. The van der Waals surface area contributed by atoms with E-state index in [1.165, 1.54) is 7.11 Å². The minimum Gasteiger partial charge on any atom is -0.497 e. The number of carbonyl (C=O) groups is 1. The smallest absolute Gasteiger partial charge is 0.323 e. The molecule has 1 aliphatic rings. The van der Waals surface area contributed by atoms with Crippen molar-refractivity contribution in [2.24, 2.45) is 0 Å². The first-order valence-corrected chi connectivity index (χ1v) is 9.08. The SMILES string of the molecule is COC(=O)[C@H]1CCCCN1Cc1nc(-c2ccc(OC)cc2OC)oc1C. The number of aryl methyl sites for hydroxylation is 1. The number of hydrogen-bond acceptors (Lipinski definition) is 7. The molecule has 2 heterocycles. The number of carbonyl (C=O) groups excluding carboxylic acids is 1. The number of esters is 1. The van der Waals surface area contributed by atoms with Crippen LogP contribution in [0.2, 0.25) is 0 Å². The molecule has 0 spiro atoms. The normalized spacial score (nSPS) is 17.6. The number of oxazole rings is 1. The van der Waals surface area contributed by atoms with Crippen LogP contribution in [0, 0.1) is 6.92 Å². The van der Waals surface area contributed by atoms with Gasteiger partial charge in [0.15, 0.2) is 0 Å². The average molecular weight is 374 g/mol. The Morgan fingerprint density at radius 2 is 2.07 bits per heavy atom. The monoisotopic (exact) mass is 374 g/mol. The van der Waals surface area contributed by atoms with E-state index < -0.39 is 0 Å². The standard InChI is InChI=1S/C20H26N2O5/c1-13-16(12-22-10-6-5-7-17(22)20(23)26-4)21-19(27-13)15-9-8-14(24-2)11-18(15)25-3/h8-9,11,17H,5-7,10,12H2,1-4H3/t17-/m1/s1. The van der Waals surface area contributed by atoms with Crippen molar-refractivity contribution in [3.8, 4) is 23.0 Å². The molecule has 1 atom stereocenters. The third kappa shape index (κ3) is 4.08. The number of likely N-dealkylation sites (tertiary alicyclic amines) is 1. The molecule has 3 rings (SSSR count). The number of rotatable bonds is 6. The van der Waals surface area contributed by atoms with Crippen molar-refractivity contribution < 1.29 is 23.4 Å². The molecule has 0 saturated carbocycles. The van der Waals surface area contributed by atoms with Crippen LogP contribution in [0.4, 0.5) is 0 Å². The van der Waals surface area contributed by atoms with E-state index in [0.717, 1.165) is 42.8 Å². The summed E-state index contributed by atoms with van der Waals surface area (Å²) in [5, 5.41) is 0. The van der Waals surface area contributed by atoms with Gasteiger partial charge < -0.3 is 18.6 Å². The highest BCUT2D eigenvalue weighted by Crippen LogP contribution is 2.34. The number of methoxy groups -OCH3 is 3. The van der Waals surface area contributed by atoms with Crippen LogP contribution in [-0.2, 0) is 16.1 Å². The molecule has 7 heteroatoms. The highest BCUT2D eigenvalue weighted by Gasteiger charge is 2.30. The fraction of sp³-hybridized carbons (Fsp3) is 0.500. The Balaban J connectivity index is 1.85. The lowest BCUT2D eigenvalue weighted by Crippen LogP contribution is -2.44. The lowest BCUT2D eigenvalue weighted by molar-refractivity contribution is -0.148. The first-order valence-electron chi connectivity index (χ1n) is 9.08. The largest absolute Gasteiger partial charge is 0.497 e. The molecule has 0 N–H and O–H groups in total. The molecule has 1 aromatic heterocycles. The maximum absolute atomic E-state index is 12.1. The molecule has 1 saturated heterocycles. The highest BCUT2D eigenvalue weighted by molar-refractivity contribution is 5.75. The lowest BCUT2D eigenvalue weighted by atomic mass is 10.0. The van der Waals surface area contributed by atoms with Gasteiger partial charge in [-0.25, -0.2) is 4.98 Å². The summed E-state index contributed by atoms with van der Waals surface area (Å²) < 4.78 is 21.6. The summed E-state index contributed by atoms with van der Waals surface area (Å²) in [7, 11) is 4.65. The van der Waals surface area contributed by atoms with Crippen molar-refractivity contribution in [1.82, 2.24) is 9.88 Å². The van der Waals surface area contributed by atoms with E-state index in [4.69, 9.17) is 18.6 Å². The van der Waals surface area contributed by atoms with E-state index >= 15 is 0 Å². The molecule has 1 aromatic carbocycles.